The molecule has 2 saturated heterocycles. The highest BCUT2D eigenvalue weighted by atomic mass is 16.4. The minimum Gasteiger partial charge on any atom is -0.478 e. The molecule has 6 nitrogen and oxygen atoms in total. The van der Waals surface area contributed by atoms with E-state index in [-0.39, 0.29) is 5.56 Å². The van der Waals surface area contributed by atoms with Crippen molar-refractivity contribution in [1.82, 2.24) is 20.3 Å². The van der Waals surface area contributed by atoms with Crippen LogP contribution in [0, 0.1) is 6.92 Å². The summed E-state index contributed by atoms with van der Waals surface area (Å²) in [7, 11) is 0. The zero-order chi connectivity index (χ0) is 23.3. The van der Waals surface area contributed by atoms with E-state index in [1.54, 1.807) is 16.8 Å². The van der Waals surface area contributed by atoms with Gasteiger partial charge < -0.3 is 10.4 Å². The Hall–Kier alpha value is -3.77. The highest BCUT2D eigenvalue weighted by molar-refractivity contribution is 5.90. The molecule has 0 atom stereocenters. The van der Waals surface area contributed by atoms with Crippen LogP contribution in [0.5, 0.6) is 0 Å². The Balaban J connectivity index is 1.34. The second-order valence-corrected chi connectivity index (χ2v) is 9.66. The zero-order valence-corrected chi connectivity index (χ0v) is 19.0. The summed E-state index contributed by atoms with van der Waals surface area (Å²) in [6.07, 6.45) is 5.43. The first kappa shape index (κ1) is 20.8. The number of aromatic nitrogens is 3. The SMILES string of the molecule is Cc1ccc(-c2cn(-c3cc(C(=O)O)cc(-c4ccc(C56CCNC(C5)C6)cc4)c3)nn2)cc1. The van der Waals surface area contributed by atoms with Gasteiger partial charge >= 0.3 is 5.97 Å². The smallest absolute Gasteiger partial charge is 0.335 e. The van der Waals surface area contributed by atoms with Crippen LogP contribution in [0.15, 0.2) is 72.9 Å². The summed E-state index contributed by atoms with van der Waals surface area (Å²) in [4.78, 5) is 11.9. The van der Waals surface area contributed by atoms with Gasteiger partial charge in [-0.3, -0.25) is 0 Å². The lowest BCUT2D eigenvalue weighted by molar-refractivity contribution is 0.0697. The van der Waals surface area contributed by atoms with Crippen molar-refractivity contribution in [3.05, 3.63) is 89.6 Å². The lowest BCUT2D eigenvalue weighted by Crippen LogP contribution is -2.58. The Bertz CT molecular complexity index is 1360. The van der Waals surface area contributed by atoms with Gasteiger partial charge in [-0.15, -0.1) is 5.10 Å². The predicted octanol–water partition coefficient (Wildman–Crippen LogP) is 5.00. The van der Waals surface area contributed by atoms with Crippen molar-refractivity contribution >= 4 is 5.97 Å². The molecule has 1 saturated carbocycles. The number of rotatable bonds is 5. The van der Waals surface area contributed by atoms with Crippen LogP contribution < -0.4 is 5.32 Å². The fourth-order valence-electron chi connectivity index (χ4n) is 5.42. The summed E-state index contributed by atoms with van der Waals surface area (Å²) >= 11 is 0. The molecule has 0 radical (unpaired) electrons. The molecule has 2 bridgehead atoms. The largest absolute Gasteiger partial charge is 0.478 e. The second kappa shape index (κ2) is 7.92. The predicted molar refractivity (Wildman–Crippen MR) is 131 cm³/mol. The lowest BCUT2D eigenvalue weighted by atomic mass is 9.57. The number of piperidine rings is 2. The van der Waals surface area contributed by atoms with Crippen molar-refractivity contribution in [2.24, 2.45) is 0 Å². The first-order chi connectivity index (χ1) is 16.5. The molecule has 7 rings (SSSR count). The summed E-state index contributed by atoms with van der Waals surface area (Å²) in [5.41, 5.74) is 7.34. The van der Waals surface area contributed by atoms with Crippen LogP contribution >= 0.6 is 0 Å². The highest BCUT2D eigenvalue weighted by Gasteiger charge is 2.47. The van der Waals surface area contributed by atoms with Crippen molar-refractivity contribution < 1.29 is 9.90 Å². The number of carboxylic acids is 1. The molecule has 2 N–H and O–H groups in total. The van der Waals surface area contributed by atoms with Gasteiger partial charge in [-0.25, -0.2) is 9.48 Å². The molecular weight excluding hydrogens is 424 g/mol. The lowest BCUT2D eigenvalue weighted by Gasteiger charge is -2.53. The molecule has 3 aliphatic rings. The summed E-state index contributed by atoms with van der Waals surface area (Å²) < 4.78 is 1.64. The van der Waals surface area contributed by atoms with Crippen LogP contribution in [-0.4, -0.2) is 38.7 Å². The molecule has 3 heterocycles. The van der Waals surface area contributed by atoms with Gasteiger partial charge in [0.05, 0.1) is 17.4 Å². The van der Waals surface area contributed by atoms with Gasteiger partial charge in [0.15, 0.2) is 0 Å². The number of carboxylic acid groups (broad SMARTS) is 1. The average Bonchev–Trinajstić information content (AvgIpc) is 3.34. The Morgan fingerprint density at radius 1 is 1.00 bits per heavy atom. The molecule has 2 aliphatic heterocycles. The van der Waals surface area contributed by atoms with Crippen LogP contribution in [-0.2, 0) is 5.41 Å². The number of aryl methyl sites for hydroxylation is 1. The number of hydrogen-bond acceptors (Lipinski definition) is 4. The van der Waals surface area contributed by atoms with E-state index in [9.17, 15) is 9.90 Å². The Labute approximate surface area is 198 Å². The van der Waals surface area contributed by atoms with E-state index >= 15 is 0 Å². The van der Waals surface area contributed by atoms with E-state index in [1.165, 1.54) is 30.4 Å². The number of benzene rings is 3. The molecule has 170 valence electrons. The van der Waals surface area contributed by atoms with Crippen molar-refractivity contribution in [2.75, 3.05) is 6.54 Å². The van der Waals surface area contributed by atoms with Crippen molar-refractivity contribution in [2.45, 2.75) is 37.6 Å². The highest BCUT2D eigenvalue weighted by Crippen LogP contribution is 2.49. The first-order valence-electron chi connectivity index (χ1n) is 11.7. The van der Waals surface area contributed by atoms with Crippen LogP contribution in [0.25, 0.3) is 28.1 Å². The number of fused-ring (bicyclic) bond motifs is 2. The number of hydrogen-bond donors (Lipinski definition) is 2. The second-order valence-electron chi connectivity index (χ2n) is 9.66. The van der Waals surface area contributed by atoms with E-state index < -0.39 is 5.97 Å². The molecule has 3 fully saturated rings. The van der Waals surface area contributed by atoms with E-state index in [1.807, 2.05) is 43.5 Å². The van der Waals surface area contributed by atoms with E-state index in [4.69, 9.17) is 0 Å². The third-order valence-corrected chi connectivity index (χ3v) is 7.41. The Morgan fingerprint density at radius 2 is 1.74 bits per heavy atom. The quantitative estimate of drug-likeness (QED) is 0.447. The minimum absolute atomic E-state index is 0.225. The van der Waals surface area contributed by atoms with E-state index in [2.05, 4.69) is 39.9 Å². The van der Waals surface area contributed by atoms with Gasteiger partial charge in [-0.05, 0) is 73.0 Å². The maximum absolute atomic E-state index is 11.9. The van der Waals surface area contributed by atoms with Crippen molar-refractivity contribution in [1.29, 1.82) is 0 Å². The zero-order valence-electron chi connectivity index (χ0n) is 19.0. The van der Waals surface area contributed by atoms with Crippen LogP contribution in [0.2, 0.25) is 0 Å². The molecule has 0 unspecified atom stereocenters. The van der Waals surface area contributed by atoms with Crippen molar-refractivity contribution in [3.63, 3.8) is 0 Å². The number of nitrogens with zero attached hydrogens (tertiary/aromatic N) is 3. The van der Waals surface area contributed by atoms with Gasteiger partial charge in [0, 0.05) is 11.6 Å². The summed E-state index contributed by atoms with van der Waals surface area (Å²) in [6.45, 7) is 3.12. The standard InChI is InChI=1S/C28H26N4O2/c1-18-2-4-20(5-3-18)26-17-32(31-30-26)25-13-21(12-22(14-25)27(33)34)19-6-8-23(9-7-19)28-10-11-29-24(15-28)16-28/h2-9,12-14,17,24,29H,10-11,15-16H2,1H3,(H,33,34). The average molecular weight is 451 g/mol. The van der Waals surface area contributed by atoms with Crippen LogP contribution in [0.3, 0.4) is 0 Å². The molecule has 3 aromatic carbocycles. The van der Waals surface area contributed by atoms with E-state index in [0.29, 0.717) is 17.1 Å². The molecule has 4 aromatic rings. The Kier molecular flexibility index (Phi) is 4.85. The van der Waals surface area contributed by atoms with Crippen LogP contribution in [0.4, 0.5) is 0 Å². The molecule has 34 heavy (non-hydrogen) atoms. The fourth-order valence-corrected chi connectivity index (χ4v) is 5.42. The van der Waals surface area contributed by atoms with Gasteiger partial charge in [0.1, 0.15) is 5.69 Å². The normalized spacial score (nSPS) is 21.1. The van der Waals surface area contributed by atoms with Gasteiger partial charge in [-0.2, -0.15) is 0 Å². The monoisotopic (exact) mass is 450 g/mol. The first-order valence-corrected chi connectivity index (χ1v) is 11.7. The molecule has 1 aromatic heterocycles. The Morgan fingerprint density at radius 3 is 2.41 bits per heavy atom. The van der Waals surface area contributed by atoms with Gasteiger partial charge in [0.2, 0.25) is 0 Å². The molecular formula is C28H26N4O2. The number of aromatic carboxylic acids is 1. The molecule has 0 amide bonds. The summed E-state index contributed by atoms with van der Waals surface area (Å²) in [5.74, 6) is -0.965. The summed E-state index contributed by atoms with van der Waals surface area (Å²) in [5, 5.41) is 21.9. The third kappa shape index (κ3) is 3.60. The molecule has 6 heteroatoms. The van der Waals surface area contributed by atoms with Crippen molar-refractivity contribution in [3.8, 4) is 28.1 Å². The van der Waals surface area contributed by atoms with E-state index in [0.717, 1.165) is 28.9 Å². The van der Waals surface area contributed by atoms with Gasteiger partial charge in [-0.1, -0.05) is 59.3 Å². The maximum Gasteiger partial charge on any atom is 0.335 e. The van der Waals surface area contributed by atoms with Gasteiger partial charge in [0.25, 0.3) is 0 Å². The minimum atomic E-state index is -0.965. The molecule has 1 aliphatic carbocycles. The maximum atomic E-state index is 11.9. The van der Waals surface area contributed by atoms with Crippen LogP contribution in [0.1, 0.15) is 40.7 Å². The fraction of sp³-hybridized carbons (Fsp3) is 0.250. The number of nitrogens with one attached hydrogen (secondary N) is 1. The third-order valence-electron chi connectivity index (χ3n) is 7.41. The topological polar surface area (TPSA) is 80.0 Å². The number of carbonyl (C=O) groups is 1. The summed E-state index contributed by atoms with van der Waals surface area (Å²) in [6, 6.07) is 22.7. The molecule has 0 spiro atoms.